The maximum absolute atomic E-state index is 13.5. The number of carbonyl (C=O) groups is 1. The fraction of sp³-hybridized carbons (Fsp3) is 0.476. The molecule has 1 aromatic heterocycles. The first kappa shape index (κ1) is 17.1. The van der Waals surface area contributed by atoms with Crippen molar-refractivity contribution in [2.45, 2.75) is 44.4 Å². The lowest BCUT2D eigenvalue weighted by Crippen LogP contribution is -2.42. The molecule has 4 rings (SSSR count). The molecular formula is C21H24FN3O. The number of nitrogens with zero attached hydrogens (tertiary/aromatic N) is 3. The highest BCUT2D eigenvalue weighted by molar-refractivity contribution is 5.79. The van der Waals surface area contributed by atoms with Crippen LogP contribution in [0.1, 0.15) is 50.1 Å². The lowest BCUT2D eigenvalue weighted by molar-refractivity contribution is -0.136. The molecule has 1 unspecified atom stereocenters. The summed E-state index contributed by atoms with van der Waals surface area (Å²) in [7, 11) is 0. The first-order valence-electron chi connectivity index (χ1n) is 9.58. The van der Waals surface area contributed by atoms with Gasteiger partial charge in [-0.25, -0.2) is 14.4 Å². The smallest absolute Gasteiger partial charge is 0.225 e. The molecule has 1 saturated carbocycles. The topological polar surface area (TPSA) is 46.1 Å². The molecule has 4 nitrogen and oxygen atoms in total. The van der Waals surface area contributed by atoms with Crippen LogP contribution in [0.5, 0.6) is 0 Å². The molecule has 0 bridgehead atoms. The molecule has 1 amide bonds. The minimum Gasteiger partial charge on any atom is -0.342 e. The standard InChI is InChI=1S/C21H24FN3O/c22-18-9-3-7-16(13-18)20-23-11-10-19(24-20)17-8-4-12-25(14-17)21(26)15-5-1-2-6-15/h3,7,9-11,13,15,17H,1-2,4-6,8,12,14H2. The summed E-state index contributed by atoms with van der Waals surface area (Å²) >= 11 is 0. The van der Waals surface area contributed by atoms with Crippen molar-refractivity contribution in [3.63, 3.8) is 0 Å². The van der Waals surface area contributed by atoms with Gasteiger partial charge in [0.1, 0.15) is 5.82 Å². The minimum atomic E-state index is -0.289. The molecular weight excluding hydrogens is 329 g/mol. The summed E-state index contributed by atoms with van der Waals surface area (Å²) in [4.78, 5) is 23.8. The van der Waals surface area contributed by atoms with Crippen LogP contribution in [0, 0.1) is 11.7 Å². The molecule has 1 atom stereocenters. The molecule has 1 saturated heterocycles. The van der Waals surface area contributed by atoms with Gasteiger partial charge in [-0.15, -0.1) is 0 Å². The van der Waals surface area contributed by atoms with Gasteiger partial charge in [-0.2, -0.15) is 0 Å². The van der Waals surface area contributed by atoms with E-state index >= 15 is 0 Å². The van der Waals surface area contributed by atoms with Gasteiger partial charge in [0.25, 0.3) is 0 Å². The van der Waals surface area contributed by atoms with Crippen molar-refractivity contribution in [3.05, 3.63) is 48.0 Å². The average molecular weight is 353 g/mol. The molecule has 2 heterocycles. The van der Waals surface area contributed by atoms with Gasteiger partial charge in [-0.05, 0) is 43.9 Å². The van der Waals surface area contributed by atoms with Gasteiger partial charge in [-0.3, -0.25) is 4.79 Å². The van der Waals surface area contributed by atoms with E-state index in [0.29, 0.717) is 17.3 Å². The van der Waals surface area contributed by atoms with E-state index in [9.17, 15) is 9.18 Å². The zero-order chi connectivity index (χ0) is 17.9. The Hall–Kier alpha value is -2.30. The van der Waals surface area contributed by atoms with Crippen LogP contribution in [0.3, 0.4) is 0 Å². The normalized spacial score (nSPS) is 21.1. The predicted octanol–water partition coefficient (Wildman–Crippen LogP) is 4.18. The Labute approximate surface area is 153 Å². The number of amides is 1. The summed E-state index contributed by atoms with van der Waals surface area (Å²) in [5.41, 5.74) is 1.63. The van der Waals surface area contributed by atoms with Crippen molar-refractivity contribution in [2.24, 2.45) is 5.92 Å². The van der Waals surface area contributed by atoms with E-state index in [1.165, 1.54) is 25.0 Å². The quantitative estimate of drug-likeness (QED) is 0.832. The minimum absolute atomic E-state index is 0.224. The second kappa shape index (κ2) is 7.52. The summed E-state index contributed by atoms with van der Waals surface area (Å²) in [6.07, 6.45) is 8.19. The van der Waals surface area contributed by atoms with Crippen molar-refractivity contribution in [1.29, 1.82) is 0 Å². The maximum atomic E-state index is 13.5. The molecule has 26 heavy (non-hydrogen) atoms. The summed E-state index contributed by atoms with van der Waals surface area (Å²) in [5, 5.41) is 0. The van der Waals surface area contributed by atoms with Crippen LogP contribution in [0.2, 0.25) is 0 Å². The number of hydrogen-bond donors (Lipinski definition) is 0. The van der Waals surface area contributed by atoms with E-state index in [0.717, 1.165) is 44.5 Å². The molecule has 0 radical (unpaired) electrons. The number of carbonyl (C=O) groups excluding carboxylic acids is 1. The molecule has 2 aliphatic rings. The van der Waals surface area contributed by atoms with Gasteiger partial charge in [0.15, 0.2) is 5.82 Å². The largest absolute Gasteiger partial charge is 0.342 e. The van der Waals surface area contributed by atoms with Gasteiger partial charge >= 0.3 is 0 Å². The van der Waals surface area contributed by atoms with Crippen LogP contribution in [0.15, 0.2) is 36.5 Å². The number of hydrogen-bond acceptors (Lipinski definition) is 3. The van der Waals surface area contributed by atoms with E-state index in [2.05, 4.69) is 9.97 Å². The van der Waals surface area contributed by atoms with Gasteiger partial charge in [0.2, 0.25) is 5.91 Å². The lowest BCUT2D eigenvalue weighted by Gasteiger charge is -2.34. The first-order chi connectivity index (χ1) is 12.7. The summed E-state index contributed by atoms with van der Waals surface area (Å²) in [6, 6.07) is 8.29. The molecule has 1 aromatic carbocycles. The maximum Gasteiger partial charge on any atom is 0.225 e. The molecule has 0 N–H and O–H groups in total. The van der Waals surface area contributed by atoms with Crippen molar-refractivity contribution < 1.29 is 9.18 Å². The monoisotopic (exact) mass is 353 g/mol. The molecule has 2 fully saturated rings. The third kappa shape index (κ3) is 3.62. The van der Waals surface area contributed by atoms with Crippen molar-refractivity contribution in [1.82, 2.24) is 14.9 Å². The van der Waals surface area contributed by atoms with Gasteiger partial charge in [0, 0.05) is 42.4 Å². The van der Waals surface area contributed by atoms with Crippen molar-refractivity contribution in [3.8, 4) is 11.4 Å². The molecule has 1 aliphatic carbocycles. The third-order valence-corrected chi connectivity index (χ3v) is 5.62. The Bertz CT molecular complexity index is 788. The van der Waals surface area contributed by atoms with Crippen LogP contribution in [-0.2, 0) is 4.79 Å². The fourth-order valence-corrected chi connectivity index (χ4v) is 4.22. The number of benzene rings is 1. The van der Waals surface area contributed by atoms with E-state index in [4.69, 9.17) is 0 Å². The van der Waals surface area contributed by atoms with Crippen LogP contribution < -0.4 is 0 Å². The molecule has 1 aliphatic heterocycles. The Balaban J connectivity index is 1.51. The Morgan fingerprint density at radius 1 is 1.12 bits per heavy atom. The molecule has 5 heteroatoms. The van der Waals surface area contributed by atoms with Crippen LogP contribution in [0.4, 0.5) is 4.39 Å². The molecule has 2 aromatic rings. The number of piperidine rings is 1. The molecule has 0 spiro atoms. The Morgan fingerprint density at radius 3 is 2.77 bits per heavy atom. The van der Waals surface area contributed by atoms with Crippen molar-refractivity contribution in [2.75, 3.05) is 13.1 Å². The highest BCUT2D eigenvalue weighted by atomic mass is 19.1. The highest BCUT2D eigenvalue weighted by Crippen LogP contribution is 2.31. The predicted molar refractivity (Wildman–Crippen MR) is 97.9 cm³/mol. The second-order valence-electron chi connectivity index (χ2n) is 7.42. The zero-order valence-electron chi connectivity index (χ0n) is 14.9. The Kier molecular flexibility index (Phi) is 4.96. The van der Waals surface area contributed by atoms with E-state index in [1.54, 1.807) is 12.3 Å². The number of likely N-dealkylation sites (tertiary alicyclic amines) is 1. The third-order valence-electron chi connectivity index (χ3n) is 5.62. The van der Waals surface area contributed by atoms with Gasteiger partial charge in [0.05, 0.1) is 0 Å². The Morgan fingerprint density at radius 2 is 1.96 bits per heavy atom. The van der Waals surface area contributed by atoms with Gasteiger partial charge < -0.3 is 4.90 Å². The van der Waals surface area contributed by atoms with Crippen molar-refractivity contribution >= 4 is 5.91 Å². The summed E-state index contributed by atoms with van der Waals surface area (Å²) in [6.45, 7) is 1.59. The van der Waals surface area contributed by atoms with E-state index in [1.807, 2.05) is 17.0 Å². The summed E-state index contributed by atoms with van der Waals surface area (Å²) in [5.74, 6) is 1.03. The molecule has 136 valence electrons. The van der Waals surface area contributed by atoms with Crippen LogP contribution in [0.25, 0.3) is 11.4 Å². The SMILES string of the molecule is O=C(C1CCCC1)N1CCCC(c2ccnc(-c3cccc(F)c3)n2)C1. The van der Waals surface area contributed by atoms with Crippen LogP contribution >= 0.6 is 0 Å². The average Bonchev–Trinajstić information content (AvgIpc) is 3.22. The van der Waals surface area contributed by atoms with E-state index in [-0.39, 0.29) is 17.7 Å². The van der Waals surface area contributed by atoms with E-state index < -0.39 is 0 Å². The van der Waals surface area contributed by atoms with Crippen LogP contribution in [-0.4, -0.2) is 33.9 Å². The van der Waals surface area contributed by atoms with Gasteiger partial charge in [-0.1, -0.05) is 25.0 Å². The number of aromatic nitrogens is 2. The lowest BCUT2D eigenvalue weighted by atomic mass is 9.93. The summed E-state index contributed by atoms with van der Waals surface area (Å²) < 4.78 is 13.5. The first-order valence-corrected chi connectivity index (χ1v) is 9.58. The highest BCUT2D eigenvalue weighted by Gasteiger charge is 2.31. The zero-order valence-corrected chi connectivity index (χ0v) is 14.9. The number of halogens is 1. The second-order valence-corrected chi connectivity index (χ2v) is 7.42. The fourth-order valence-electron chi connectivity index (χ4n) is 4.22. The number of rotatable bonds is 3.